The summed E-state index contributed by atoms with van der Waals surface area (Å²) in [4.78, 5) is 23.8. The Balaban J connectivity index is 1.71. The molecule has 2 aromatic rings. The summed E-state index contributed by atoms with van der Waals surface area (Å²) < 4.78 is 40.1. The minimum atomic E-state index is -3.84. The lowest BCUT2D eigenvalue weighted by Gasteiger charge is -2.33. The Bertz CT molecular complexity index is 1100. The first-order valence-corrected chi connectivity index (χ1v) is 10.7. The Hall–Kier alpha value is -2.60. The summed E-state index contributed by atoms with van der Waals surface area (Å²) in [5, 5.41) is 11.1. The number of sulfonamides is 1. The van der Waals surface area contributed by atoms with Gasteiger partial charge >= 0.3 is 0 Å². The van der Waals surface area contributed by atoms with Gasteiger partial charge in [0.2, 0.25) is 15.9 Å². The Labute approximate surface area is 177 Å². The van der Waals surface area contributed by atoms with Crippen LogP contribution in [0.1, 0.15) is 15.9 Å². The van der Waals surface area contributed by atoms with Gasteiger partial charge in [0.15, 0.2) is 0 Å². The van der Waals surface area contributed by atoms with Gasteiger partial charge in [-0.15, -0.1) is 0 Å². The summed E-state index contributed by atoms with van der Waals surface area (Å²) in [6.07, 6.45) is 0. The van der Waals surface area contributed by atoms with Crippen LogP contribution < -0.4 is 5.73 Å². The summed E-state index contributed by atoms with van der Waals surface area (Å²) in [7, 11) is -3.84. The fraction of sp³-hybridized carbons (Fsp3) is 0.278. The number of piperazine rings is 1. The molecule has 1 aliphatic rings. The quantitative estimate of drug-likeness (QED) is 0.523. The topological polar surface area (TPSA) is 127 Å². The number of hydrogen-bond donors (Lipinski definition) is 1. The van der Waals surface area contributed by atoms with Crippen LogP contribution in [0.15, 0.2) is 41.3 Å². The third-order valence-corrected chi connectivity index (χ3v) is 7.00. The Kier molecular flexibility index (Phi) is 6.36. The number of nitrogens with zero attached hydrogens (tertiary/aromatic N) is 3. The number of carbonyl (C=O) groups excluding carboxylic acids is 1. The summed E-state index contributed by atoms with van der Waals surface area (Å²) in [5.41, 5.74) is 5.39. The van der Waals surface area contributed by atoms with E-state index in [9.17, 15) is 27.7 Å². The van der Waals surface area contributed by atoms with Gasteiger partial charge in [-0.05, 0) is 24.3 Å². The maximum atomic E-state index is 13.3. The molecule has 30 heavy (non-hydrogen) atoms. The van der Waals surface area contributed by atoms with E-state index in [1.807, 2.05) is 4.90 Å². The minimum absolute atomic E-state index is 0.0410. The van der Waals surface area contributed by atoms with Crippen molar-refractivity contribution in [2.24, 2.45) is 5.73 Å². The molecule has 0 saturated carbocycles. The predicted octanol–water partition coefficient (Wildman–Crippen LogP) is 1.99. The van der Waals surface area contributed by atoms with Crippen molar-refractivity contribution in [3.8, 4) is 0 Å². The van der Waals surface area contributed by atoms with Crippen LogP contribution in [0, 0.1) is 15.9 Å². The Morgan fingerprint density at radius 1 is 1.17 bits per heavy atom. The van der Waals surface area contributed by atoms with Crippen molar-refractivity contribution in [2.45, 2.75) is 11.4 Å². The molecule has 0 atom stereocenters. The van der Waals surface area contributed by atoms with E-state index in [2.05, 4.69) is 0 Å². The summed E-state index contributed by atoms with van der Waals surface area (Å²) >= 11 is 5.69. The molecule has 0 aliphatic carbocycles. The van der Waals surface area contributed by atoms with Crippen LogP contribution in [0.3, 0.4) is 0 Å². The van der Waals surface area contributed by atoms with Crippen molar-refractivity contribution < 1.29 is 22.5 Å². The van der Waals surface area contributed by atoms with Gasteiger partial charge in [-0.1, -0.05) is 17.7 Å². The van der Waals surface area contributed by atoms with E-state index < -0.39 is 26.7 Å². The molecular formula is C18H18ClFN4O5S. The van der Waals surface area contributed by atoms with Gasteiger partial charge in [-0.25, -0.2) is 12.8 Å². The van der Waals surface area contributed by atoms with Crippen LogP contribution in [-0.2, 0) is 16.6 Å². The van der Waals surface area contributed by atoms with Gasteiger partial charge in [0, 0.05) is 49.9 Å². The molecule has 1 amide bonds. The number of amides is 1. The van der Waals surface area contributed by atoms with Crippen molar-refractivity contribution in [1.29, 1.82) is 0 Å². The van der Waals surface area contributed by atoms with Gasteiger partial charge in [-0.2, -0.15) is 4.31 Å². The molecule has 1 heterocycles. The van der Waals surface area contributed by atoms with E-state index in [0.29, 0.717) is 18.7 Å². The van der Waals surface area contributed by atoms with E-state index in [1.54, 1.807) is 0 Å². The molecule has 0 aromatic heterocycles. The fourth-order valence-electron chi connectivity index (χ4n) is 3.18. The number of nitro groups is 1. The predicted molar refractivity (Wildman–Crippen MR) is 107 cm³/mol. The lowest BCUT2D eigenvalue weighted by molar-refractivity contribution is -0.385. The lowest BCUT2D eigenvalue weighted by atomic mass is 10.1. The number of halogens is 2. The van der Waals surface area contributed by atoms with E-state index >= 15 is 0 Å². The zero-order valence-corrected chi connectivity index (χ0v) is 17.2. The molecule has 2 aromatic carbocycles. The Morgan fingerprint density at radius 3 is 2.40 bits per heavy atom. The second-order valence-corrected chi connectivity index (χ2v) is 9.07. The summed E-state index contributed by atoms with van der Waals surface area (Å²) in [6, 6.07) is 7.26. The van der Waals surface area contributed by atoms with Crippen molar-refractivity contribution in [2.75, 3.05) is 26.2 Å². The monoisotopic (exact) mass is 456 g/mol. The molecule has 0 spiro atoms. The van der Waals surface area contributed by atoms with Crippen LogP contribution in [0.4, 0.5) is 10.1 Å². The maximum absolute atomic E-state index is 13.3. The molecule has 3 rings (SSSR count). The van der Waals surface area contributed by atoms with Gasteiger partial charge in [0.25, 0.3) is 5.69 Å². The first kappa shape index (κ1) is 22.1. The average molecular weight is 457 g/mol. The molecule has 2 N–H and O–H groups in total. The Morgan fingerprint density at radius 2 is 1.83 bits per heavy atom. The third-order valence-electron chi connectivity index (χ3n) is 4.82. The largest absolute Gasteiger partial charge is 0.366 e. The van der Waals surface area contributed by atoms with Crippen LogP contribution in [-0.4, -0.2) is 54.6 Å². The molecule has 0 radical (unpaired) electrons. The van der Waals surface area contributed by atoms with E-state index in [0.717, 1.165) is 24.3 Å². The maximum Gasteiger partial charge on any atom is 0.274 e. The van der Waals surface area contributed by atoms with Crippen molar-refractivity contribution in [1.82, 2.24) is 9.21 Å². The van der Waals surface area contributed by atoms with E-state index in [-0.39, 0.29) is 40.8 Å². The number of primary amides is 1. The van der Waals surface area contributed by atoms with Gasteiger partial charge in [-0.3, -0.25) is 19.8 Å². The zero-order chi connectivity index (χ0) is 22.1. The fourth-order valence-corrected chi connectivity index (χ4v) is 4.87. The van der Waals surface area contributed by atoms with Crippen LogP contribution in [0.25, 0.3) is 0 Å². The number of carbonyl (C=O) groups is 1. The average Bonchev–Trinajstić information content (AvgIpc) is 2.70. The molecular weight excluding hydrogens is 439 g/mol. The number of benzene rings is 2. The highest BCUT2D eigenvalue weighted by molar-refractivity contribution is 7.89. The molecule has 0 unspecified atom stereocenters. The number of rotatable bonds is 6. The highest BCUT2D eigenvalue weighted by Gasteiger charge is 2.30. The first-order chi connectivity index (χ1) is 14.1. The lowest BCUT2D eigenvalue weighted by Crippen LogP contribution is -2.48. The summed E-state index contributed by atoms with van der Waals surface area (Å²) in [5.74, 6) is -1.46. The highest BCUT2D eigenvalue weighted by Crippen LogP contribution is 2.25. The first-order valence-electron chi connectivity index (χ1n) is 8.84. The third kappa shape index (κ3) is 4.59. The van der Waals surface area contributed by atoms with Crippen molar-refractivity contribution in [3.05, 3.63) is 68.5 Å². The molecule has 1 fully saturated rings. The van der Waals surface area contributed by atoms with Crippen molar-refractivity contribution >= 4 is 33.2 Å². The number of nitrogens with two attached hydrogens (primary N) is 1. The second kappa shape index (κ2) is 8.64. The van der Waals surface area contributed by atoms with E-state index in [1.165, 1.54) is 16.4 Å². The number of hydrogen-bond acceptors (Lipinski definition) is 6. The standard InChI is InChI=1S/C18H18ClFN4O5S/c19-15-10-14(3-4-16(15)20)30(28,29)23-7-5-22(6-8-23)11-13-2-1-12(18(21)25)9-17(13)24(26)27/h1-4,9-10H,5-8,11H2,(H2,21,25). The van der Waals surface area contributed by atoms with Crippen LogP contribution in [0.5, 0.6) is 0 Å². The molecule has 12 heteroatoms. The molecule has 1 aliphatic heterocycles. The van der Waals surface area contributed by atoms with Crippen molar-refractivity contribution in [3.63, 3.8) is 0 Å². The second-order valence-electron chi connectivity index (χ2n) is 6.72. The molecule has 160 valence electrons. The highest BCUT2D eigenvalue weighted by atomic mass is 35.5. The summed E-state index contributed by atoms with van der Waals surface area (Å²) in [6.45, 7) is 1.20. The van der Waals surface area contributed by atoms with Crippen LogP contribution in [0.2, 0.25) is 5.02 Å². The smallest absolute Gasteiger partial charge is 0.274 e. The molecule has 1 saturated heterocycles. The SMILES string of the molecule is NC(=O)c1ccc(CN2CCN(S(=O)(=O)c3ccc(F)c(Cl)c3)CC2)c([N+](=O)[O-])c1. The van der Waals surface area contributed by atoms with Gasteiger partial charge in [0.1, 0.15) is 5.82 Å². The minimum Gasteiger partial charge on any atom is -0.366 e. The molecule has 9 nitrogen and oxygen atoms in total. The normalized spacial score (nSPS) is 15.8. The zero-order valence-electron chi connectivity index (χ0n) is 15.6. The number of nitro benzene ring substituents is 1. The van der Waals surface area contributed by atoms with Crippen LogP contribution >= 0.6 is 11.6 Å². The van der Waals surface area contributed by atoms with Gasteiger partial charge in [0.05, 0.1) is 14.8 Å². The van der Waals surface area contributed by atoms with Gasteiger partial charge < -0.3 is 5.73 Å². The molecule has 0 bridgehead atoms. The van der Waals surface area contributed by atoms with E-state index in [4.69, 9.17) is 17.3 Å².